The van der Waals surface area contributed by atoms with Crippen LogP contribution in [-0.2, 0) is 0 Å². The first kappa shape index (κ1) is 14.9. The second kappa shape index (κ2) is 7.35. The second-order valence-electron chi connectivity index (χ2n) is 4.17. The van der Waals surface area contributed by atoms with Gasteiger partial charge in [0.1, 0.15) is 11.5 Å². The Balaban J connectivity index is 2.96. The van der Waals surface area contributed by atoms with Crippen molar-refractivity contribution in [3.63, 3.8) is 0 Å². The Labute approximate surface area is 113 Å². The van der Waals surface area contributed by atoms with Gasteiger partial charge in [-0.2, -0.15) is 0 Å². The highest BCUT2D eigenvalue weighted by molar-refractivity contribution is 5.93. The molecular formula is C13H21N5O. The fraction of sp³-hybridized carbons (Fsp3) is 0.462. The Bertz CT molecular complexity index is 475. The molecule has 0 fully saturated rings. The lowest BCUT2D eigenvalue weighted by Crippen LogP contribution is -2.32. The van der Waals surface area contributed by atoms with Crippen LogP contribution in [0.1, 0.15) is 36.6 Å². The largest absolute Gasteiger partial charge is 0.394 e. The molecule has 1 rings (SSSR count). The highest BCUT2D eigenvalue weighted by Crippen LogP contribution is 2.04. The van der Waals surface area contributed by atoms with E-state index in [1.807, 2.05) is 13.8 Å². The molecule has 19 heavy (non-hydrogen) atoms. The molecule has 0 aromatic carbocycles. The average Bonchev–Trinajstić information content (AvgIpc) is 2.80. The Morgan fingerprint density at radius 1 is 1.63 bits per heavy atom. The standard InChI is InChI=1S/C13H21N5O/c1-5-10(2)16-13(19)11-8-18(9-15-4)12(17-11)6-7-14-3/h6-10,14H,5H2,1-4H3,(H,16,19)/b7-6+,15-9-. The molecule has 1 heterocycles. The van der Waals surface area contributed by atoms with Gasteiger partial charge in [0.15, 0.2) is 0 Å². The summed E-state index contributed by atoms with van der Waals surface area (Å²) in [5.74, 6) is 0.478. The number of hydrogen-bond acceptors (Lipinski definition) is 4. The molecule has 0 bridgehead atoms. The fourth-order valence-electron chi connectivity index (χ4n) is 1.42. The molecule has 1 atom stereocenters. The van der Waals surface area contributed by atoms with Crippen LogP contribution in [0.5, 0.6) is 0 Å². The first-order chi connectivity index (χ1) is 9.12. The maximum atomic E-state index is 12.0. The summed E-state index contributed by atoms with van der Waals surface area (Å²) in [7, 11) is 3.47. The van der Waals surface area contributed by atoms with Crippen LogP contribution in [0.4, 0.5) is 0 Å². The third-order valence-corrected chi connectivity index (χ3v) is 2.62. The maximum Gasteiger partial charge on any atom is 0.271 e. The Morgan fingerprint density at radius 2 is 2.37 bits per heavy atom. The van der Waals surface area contributed by atoms with Crippen molar-refractivity contribution in [3.8, 4) is 0 Å². The summed E-state index contributed by atoms with van der Waals surface area (Å²) in [6.07, 6.45) is 7.69. The number of nitrogens with one attached hydrogen (secondary N) is 2. The number of aliphatic imine (C=N–C) groups is 1. The van der Waals surface area contributed by atoms with E-state index in [4.69, 9.17) is 0 Å². The molecule has 0 spiro atoms. The lowest BCUT2D eigenvalue weighted by Gasteiger charge is -2.09. The number of nitrogens with zero attached hydrogens (tertiary/aromatic N) is 3. The smallest absolute Gasteiger partial charge is 0.271 e. The number of rotatable bonds is 6. The molecule has 2 N–H and O–H groups in total. The molecule has 0 radical (unpaired) electrons. The van der Waals surface area contributed by atoms with Gasteiger partial charge in [-0.3, -0.25) is 14.4 Å². The van der Waals surface area contributed by atoms with Crippen LogP contribution >= 0.6 is 0 Å². The summed E-state index contributed by atoms with van der Waals surface area (Å²) in [5, 5.41) is 5.77. The molecule has 1 unspecified atom stereocenters. The van der Waals surface area contributed by atoms with Gasteiger partial charge in [0.05, 0.1) is 6.34 Å². The molecule has 0 aliphatic heterocycles. The van der Waals surface area contributed by atoms with Crippen molar-refractivity contribution in [2.45, 2.75) is 26.3 Å². The maximum absolute atomic E-state index is 12.0. The molecule has 6 nitrogen and oxygen atoms in total. The van der Waals surface area contributed by atoms with Gasteiger partial charge in [-0.15, -0.1) is 0 Å². The topological polar surface area (TPSA) is 71.3 Å². The van der Waals surface area contributed by atoms with E-state index in [9.17, 15) is 4.79 Å². The molecule has 0 saturated heterocycles. The minimum absolute atomic E-state index is 0.133. The minimum atomic E-state index is -0.170. The van der Waals surface area contributed by atoms with E-state index in [-0.39, 0.29) is 11.9 Å². The van der Waals surface area contributed by atoms with Crippen molar-refractivity contribution in [2.24, 2.45) is 4.99 Å². The van der Waals surface area contributed by atoms with E-state index >= 15 is 0 Å². The van der Waals surface area contributed by atoms with Gasteiger partial charge >= 0.3 is 0 Å². The average molecular weight is 263 g/mol. The van der Waals surface area contributed by atoms with E-state index in [1.54, 1.807) is 43.5 Å². The Hall–Kier alpha value is -2.11. The van der Waals surface area contributed by atoms with Crippen LogP contribution < -0.4 is 10.6 Å². The highest BCUT2D eigenvalue weighted by atomic mass is 16.1. The van der Waals surface area contributed by atoms with Gasteiger partial charge in [0.25, 0.3) is 5.91 Å². The van der Waals surface area contributed by atoms with E-state index in [2.05, 4.69) is 20.6 Å². The van der Waals surface area contributed by atoms with Gasteiger partial charge in [-0.25, -0.2) is 4.98 Å². The van der Waals surface area contributed by atoms with E-state index in [0.29, 0.717) is 11.5 Å². The monoisotopic (exact) mass is 263 g/mol. The molecule has 6 heteroatoms. The normalized spacial score (nSPS) is 13.1. The van der Waals surface area contributed by atoms with Crippen LogP contribution in [0.3, 0.4) is 0 Å². The molecule has 0 saturated carbocycles. The Morgan fingerprint density at radius 3 is 2.95 bits per heavy atom. The first-order valence-corrected chi connectivity index (χ1v) is 6.28. The second-order valence-corrected chi connectivity index (χ2v) is 4.17. The van der Waals surface area contributed by atoms with Crippen LogP contribution in [-0.4, -0.2) is 41.9 Å². The van der Waals surface area contributed by atoms with Crippen molar-refractivity contribution in [3.05, 3.63) is 23.9 Å². The number of amides is 1. The third kappa shape index (κ3) is 4.24. The highest BCUT2D eigenvalue weighted by Gasteiger charge is 2.13. The number of carbonyl (C=O) groups is 1. The third-order valence-electron chi connectivity index (χ3n) is 2.62. The predicted molar refractivity (Wildman–Crippen MR) is 77.4 cm³/mol. The number of hydrogen-bond donors (Lipinski definition) is 2. The van der Waals surface area contributed by atoms with Gasteiger partial charge in [-0.05, 0) is 25.6 Å². The molecule has 0 aliphatic rings. The number of carbonyl (C=O) groups excluding carboxylic acids is 1. The summed E-state index contributed by atoms with van der Waals surface area (Å²) < 4.78 is 1.71. The molecule has 1 aromatic rings. The van der Waals surface area contributed by atoms with E-state index < -0.39 is 0 Å². The van der Waals surface area contributed by atoms with Gasteiger partial charge in [-0.1, -0.05) is 6.92 Å². The van der Waals surface area contributed by atoms with Gasteiger partial charge in [0.2, 0.25) is 0 Å². The van der Waals surface area contributed by atoms with E-state index in [1.165, 1.54) is 0 Å². The van der Waals surface area contributed by atoms with Crippen molar-refractivity contribution >= 4 is 18.3 Å². The van der Waals surface area contributed by atoms with Crippen molar-refractivity contribution in [1.82, 2.24) is 20.2 Å². The molecule has 0 aliphatic carbocycles. The zero-order valence-electron chi connectivity index (χ0n) is 11.8. The van der Waals surface area contributed by atoms with Crippen LogP contribution in [0.15, 0.2) is 17.4 Å². The minimum Gasteiger partial charge on any atom is -0.394 e. The van der Waals surface area contributed by atoms with Gasteiger partial charge in [0, 0.05) is 26.3 Å². The summed E-state index contributed by atoms with van der Waals surface area (Å²) in [4.78, 5) is 20.2. The summed E-state index contributed by atoms with van der Waals surface area (Å²) in [5.41, 5.74) is 0.385. The van der Waals surface area contributed by atoms with Crippen LogP contribution in [0.25, 0.3) is 6.08 Å². The lowest BCUT2D eigenvalue weighted by atomic mass is 10.2. The number of aromatic nitrogens is 2. The van der Waals surface area contributed by atoms with Gasteiger partial charge < -0.3 is 10.6 Å². The van der Waals surface area contributed by atoms with Crippen molar-refractivity contribution in [2.75, 3.05) is 14.1 Å². The van der Waals surface area contributed by atoms with Crippen molar-refractivity contribution in [1.29, 1.82) is 0 Å². The molecule has 1 aromatic heterocycles. The summed E-state index contributed by atoms with van der Waals surface area (Å²) in [6.45, 7) is 3.98. The predicted octanol–water partition coefficient (Wildman–Crippen LogP) is 1.11. The Kier molecular flexibility index (Phi) is 5.78. The fourth-order valence-corrected chi connectivity index (χ4v) is 1.42. The molecule has 1 amide bonds. The molecular weight excluding hydrogens is 242 g/mol. The zero-order chi connectivity index (χ0) is 14.3. The van der Waals surface area contributed by atoms with Crippen LogP contribution in [0.2, 0.25) is 0 Å². The lowest BCUT2D eigenvalue weighted by molar-refractivity contribution is 0.0934. The van der Waals surface area contributed by atoms with E-state index in [0.717, 1.165) is 6.42 Å². The van der Waals surface area contributed by atoms with Crippen LogP contribution in [0, 0.1) is 0 Å². The molecule has 104 valence electrons. The first-order valence-electron chi connectivity index (χ1n) is 6.28. The van der Waals surface area contributed by atoms with Crippen molar-refractivity contribution < 1.29 is 4.79 Å². The summed E-state index contributed by atoms with van der Waals surface area (Å²) >= 11 is 0. The quantitative estimate of drug-likeness (QED) is 0.596. The SMILES string of the molecule is CCC(C)NC(=O)c1cn(/C=N\C)c(/C=C/NC)n1. The zero-order valence-corrected chi connectivity index (χ0v) is 11.8. The summed E-state index contributed by atoms with van der Waals surface area (Å²) in [6, 6.07) is 0.133. The number of imidazole rings is 1.